The van der Waals surface area contributed by atoms with Crippen molar-refractivity contribution in [2.24, 2.45) is 0 Å². The van der Waals surface area contributed by atoms with Gasteiger partial charge in [0.05, 0.1) is 12.3 Å². The van der Waals surface area contributed by atoms with Gasteiger partial charge in [-0.1, -0.05) is 11.8 Å². The van der Waals surface area contributed by atoms with Crippen LogP contribution in [0, 0.1) is 24.2 Å². The van der Waals surface area contributed by atoms with Gasteiger partial charge >= 0.3 is 0 Å². The summed E-state index contributed by atoms with van der Waals surface area (Å²) in [5, 5.41) is 3.18. The fourth-order valence-corrected chi connectivity index (χ4v) is 1.07. The molecule has 0 aliphatic rings. The molecule has 0 aromatic rings. The Kier molecular flexibility index (Phi) is 8.94. The van der Waals surface area contributed by atoms with Crippen LogP contribution in [-0.4, -0.2) is 24.6 Å². The van der Waals surface area contributed by atoms with Gasteiger partial charge < -0.3 is 5.32 Å². The zero-order chi connectivity index (χ0) is 8.36. The van der Waals surface area contributed by atoms with Crippen LogP contribution in [0.15, 0.2) is 0 Å². The molecule has 0 aliphatic heterocycles. The Morgan fingerprint density at radius 3 is 3.00 bits per heavy atom. The van der Waals surface area contributed by atoms with E-state index in [1.807, 2.05) is 6.92 Å². The highest BCUT2D eigenvalue weighted by molar-refractivity contribution is 7.99. The molecule has 0 aromatic carbocycles. The Morgan fingerprint density at radius 2 is 2.36 bits per heavy atom. The summed E-state index contributed by atoms with van der Waals surface area (Å²) in [7, 11) is 0. The lowest BCUT2D eigenvalue weighted by Gasteiger charge is -1.97. The number of thioether (sulfide) groups is 1. The average Bonchev–Trinajstić information content (AvgIpc) is 2.03. The summed E-state index contributed by atoms with van der Waals surface area (Å²) in [5.41, 5.74) is 0. The van der Waals surface area contributed by atoms with E-state index in [2.05, 4.69) is 23.1 Å². The number of hydrogen-bond donors (Lipinski definition) is 1. The molecule has 0 rings (SSSR count). The molecule has 0 unspecified atom stereocenters. The maximum absolute atomic E-state index is 5.08. The predicted molar refractivity (Wildman–Crippen MR) is 52.5 cm³/mol. The molecule has 0 spiro atoms. The zero-order valence-corrected chi connectivity index (χ0v) is 7.63. The monoisotopic (exact) mass is 167 g/mol. The van der Waals surface area contributed by atoms with Gasteiger partial charge in [0.2, 0.25) is 0 Å². The first-order valence-electron chi connectivity index (χ1n) is 3.53. The van der Waals surface area contributed by atoms with E-state index in [1.54, 1.807) is 11.8 Å². The Bertz CT molecular complexity index is 170. The van der Waals surface area contributed by atoms with Gasteiger partial charge in [0.15, 0.2) is 0 Å². The molecule has 0 fully saturated rings. The molecule has 0 saturated carbocycles. The van der Waals surface area contributed by atoms with Gasteiger partial charge in [0, 0.05) is 12.3 Å². The van der Waals surface area contributed by atoms with Crippen LogP contribution in [0.4, 0.5) is 0 Å². The van der Waals surface area contributed by atoms with Crippen LogP contribution in [0.2, 0.25) is 0 Å². The van der Waals surface area contributed by atoms with Crippen molar-refractivity contribution in [3.05, 3.63) is 0 Å². The second-order valence-corrected chi connectivity index (χ2v) is 2.97. The van der Waals surface area contributed by atoms with E-state index >= 15 is 0 Å². The van der Waals surface area contributed by atoms with Crippen molar-refractivity contribution >= 4 is 11.8 Å². The quantitative estimate of drug-likeness (QED) is 0.483. The third kappa shape index (κ3) is 9.43. The van der Waals surface area contributed by atoms with E-state index in [0.717, 1.165) is 24.6 Å². The van der Waals surface area contributed by atoms with Crippen molar-refractivity contribution in [3.8, 4) is 24.2 Å². The lowest BCUT2D eigenvalue weighted by atomic mass is 10.6. The fourth-order valence-electron chi connectivity index (χ4n) is 0.515. The molecule has 11 heavy (non-hydrogen) atoms. The van der Waals surface area contributed by atoms with Gasteiger partial charge in [0.25, 0.3) is 0 Å². The molecule has 0 atom stereocenters. The Balaban J connectivity index is 2.90. The SMILES string of the molecule is C#CCSCCNCC#CC. The topological polar surface area (TPSA) is 12.0 Å². The maximum Gasteiger partial charge on any atom is 0.0576 e. The molecule has 2 heteroatoms. The van der Waals surface area contributed by atoms with Crippen LogP contribution in [0.1, 0.15) is 6.92 Å². The summed E-state index contributed by atoms with van der Waals surface area (Å²) >= 11 is 1.76. The molecule has 1 N–H and O–H groups in total. The summed E-state index contributed by atoms with van der Waals surface area (Å²) in [5.74, 6) is 10.2. The van der Waals surface area contributed by atoms with Crippen LogP contribution in [0.25, 0.3) is 0 Å². The van der Waals surface area contributed by atoms with E-state index in [9.17, 15) is 0 Å². The van der Waals surface area contributed by atoms with Crippen LogP contribution >= 0.6 is 11.8 Å². The van der Waals surface area contributed by atoms with Crippen LogP contribution in [-0.2, 0) is 0 Å². The first-order chi connectivity index (χ1) is 5.41. The van der Waals surface area contributed by atoms with Gasteiger partial charge in [-0.25, -0.2) is 0 Å². The largest absolute Gasteiger partial charge is 0.305 e. The second-order valence-electron chi connectivity index (χ2n) is 1.86. The van der Waals surface area contributed by atoms with E-state index < -0.39 is 0 Å². The van der Waals surface area contributed by atoms with Crippen LogP contribution < -0.4 is 5.32 Å². The Morgan fingerprint density at radius 1 is 1.55 bits per heavy atom. The first kappa shape index (κ1) is 10.4. The van der Waals surface area contributed by atoms with Gasteiger partial charge in [0.1, 0.15) is 0 Å². The minimum absolute atomic E-state index is 0.785. The number of rotatable bonds is 5. The molecule has 0 bridgehead atoms. The summed E-state index contributed by atoms with van der Waals surface area (Å²) in [4.78, 5) is 0. The molecule has 60 valence electrons. The molecule has 0 aliphatic carbocycles. The summed E-state index contributed by atoms with van der Waals surface area (Å²) in [6, 6.07) is 0. The third-order valence-electron chi connectivity index (χ3n) is 0.999. The number of hydrogen-bond acceptors (Lipinski definition) is 2. The number of terminal acetylenes is 1. The minimum Gasteiger partial charge on any atom is -0.305 e. The lowest BCUT2D eigenvalue weighted by Crippen LogP contribution is -2.17. The van der Waals surface area contributed by atoms with E-state index in [4.69, 9.17) is 6.42 Å². The van der Waals surface area contributed by atoms with Crippen LogP contribution in [0.3, 0.4) is 0 Å². The van der Waals surface area contributed by atoms with E-state index in [1.165, 1.54) is 0 Å². The van der Waals surface area contributed by atoms with Crippen molar-refractivity contribution in [2.45, 2.75) is 6.92 Å². The van der Waals surface area contributed by atoms with E-state index in [0.29, 0.717) is 0 Å². The summed E-state index contributed by atoms with van der Waals surface area (Å²) in [6.07, 6.45) is 5.08. The molecular weight excluding hydrogens is 154 g/mol. The third-order valence-corrected chi connectivity index (χ3v) is 1.86. The van der Waals surface area contributed by atoms with Gasteiger partial charge in [-0.3, -0.25) is 0 Å². The van der Waals surface area contributed by atoms with Crippen molar-refractivity contribution in [1.29, 1.82) is 0 Å². The normalized spacial score (nSPS) is 8.00. The van der Waals surface area contributed by atoms with Crippen LogP contribution in [0.5, 0.6) is 0 Å². The smallest absolute Gasteiger partial charge is 0.0576 e. The second kappa shape index (κ2) is 9.43. The molecule has 0 radical (unpaired) electrons. The van der Waals surface area contributed by atoms with Crippen molar-refractivity contribution in [1.82, 2.24) is 5.32 Å². The van der Waals surface area contributed by atoms with Gasteiger partial charge in [-0.15, -0.1) is 24.1 Å². The molecule has 1 nitrogen and oxygen atoms in total. The van der Waals surface area contributed by atoms with Crippen molar-refractivity contribution < 1.29 is 0 Å². The highest BCUT2D eigenvalue weighted by Gasteiger charge is 1.84. The Labute approximate surface area is 73.3 Å². The minimum atomic E-state index is 0.785. The highest BCUT2D eigenvalue weighted by Crippen LogP contribution is 1.94. The summed E-state index contributed by atoms with van der Waals surface area (Å²) < 4.78 is 0. The maximum atomic E-state index is 5.08. The van der Waals surface area contributed by atoms with E-state index in [-0.39, 0.29) is 0 Å². The molecular formula is C9H13NS. The van der Waals surface area contributed by atoms with Crippen molar-refractivity contribution in [3.63, 3.8) is 0 Å². The first-order valence-corrected chi connectivity index (χ1v) is 4.68. The fraction of sp³-hybridized carbons (Fsp3) is 0.556. The predicted octanol–water partition coefficient (Wildman–Crippen LogP) is 0.966. The van der Waals surface area contributed by atoms with Gasteiger partial charge in [-0.2, -0.15) is 0 Å². The Hall–Kier alpha value is -0.570. The highest BCUT2D eigenvalue weighted by atomic mass is 32.2. The number of nitrogens with one attached hydrogen (secondary N) is 1. The van der Waals surface area contributed by atoms with Crippen molar-refractivity contribution in [2.75, 3.05) is 24.6 Å². The summed E-state index contributed by atoms with van der Waals surface area (Å²) in [6.45, 7) is 3.61. The van der Waals surface area contributed by atoms with Gasteiger partial charge in [-0.05, 0) is 6.92 Å². The lowest BCUT2D eigenvalue weighted by molar-refractivity contribution is 0.818. The molecule has 0 amide bonds. The molecule has 0 saturated heterocycles. The molecule has 0 heterocycles. The standard InChI is InChI=1S/C9H13NS/c1-3-5-6-10-7-9-11-8-4-2/h2,10H,6-9H2,1H3. The molecule has 0 aromatic heterocycles. The average molecular weight is 167 g/mol. The zero-order valence-electron chi connectivity index (χ0n) is 6.81.